The highest BCUT2D eigenvalue weighted by molar-refractivity contribution is 7.81. The molecule has 0 spiro atoms. The first-order valence-corrected chi connectivity index (χ1v) is 5.24. The first-order chi connectivity index (χ1) is 6.51. The Bertz CT molecular complexity index is 405. The van der Waals surface area contributed by atoms with Crippen molar-refractivity contribution in [1.29, 1.82) is 0 Å². The van der Waals surface area contributed by atoms with Gasteiger partial charge in [-0.2, -0.15) is 8.42 Å². The molecule has 0 amide bonds. The first kappa shape index (κ1) is 10.7. The molecule has 1 aromatic carbocycles. The third kappa shape index (κ3) is 3.59. The summed E-state index contributed by atoms with van der Waals surface area (Å²) < 4.78 is 33.3. The third-order valence-corrected chi connectivity index (χ3v) is 1.91. The van der Waals surface area contributed by atoms with Crippen molar-refractivity contribution in [3.05, 3.63) is 42.5 Å². The molecule has 0 aliphatic carbocycles. The van der Waals surface area contributed by atoms with Gasteiger partial charge < -0.3 is 4.18 Å². The Morgan fingerprint density at radius 1 is 1.36 bits per heavy atom. The molecule has 0 fully saturated rings. The van der Waals surface area contributed by atoms with Crippen LogP contribution in [0.2, 0.25) is 0 Å². The van der Waals surface area contributed by atoms with Crippen molar-refractivity contribution in [2.45, 2.75) is 6.42 Å². The van der Waals surface area contributed by atoms with Gasteiger partial charge in [-0.25, -0.2) is 0 Å². The topological polar surface area (TPSA) is 63.6 Å². The highest BCUT2D eigenvalue weighted by Gasteiger charge is 2.05. The van der Waals surface area contributed by atoms with Gasteiger partial charge in [0.05, 0.1) is 0 Å². The zero-order chi connectivity index (χ0) is 10.6. The van der Waals surface area contributed by atoms with Crippen LogP contribution in [0.4, 0.5) is 0 Å². The van der Waals surface area contributed by atoms with Crippen LogP contribution in [0.3, 0.4) is 0 Å². The Morgan fingerprint density at radius 2 is 1.93 bits per heavy atom. The largest absolute Gasteiger partial charge is 0.446 e. The monoisotopic (exact) mass is 214 g/mol. The Labute approximate surface area is 82.8 Å². The van der Waals surface area contributed by atoms with E-state index in [-0.39, 0.29) is 5.75 Å². The second-order valence-corrected chi connectivity index (χ2v) is 3.67. The van der Waals surface area contributed by atoms with Gasteiger partial charge in [-0.1, -0.05) is 18.2 Å². The summed E-state index contributed by atoms with van der Waals surface area (Å²) in [6, 6.07) is 6.32. The first-order valence-electron chi connectivity index (χ1n) is 3.88. The maximum Gasteiger partial charge on any atom is 0.446 e. The van der Waals surface area contributed by atoms with Crippen molar-refractivity contribution < 1.29 is 17.2 Å². The van der Waals surface area contributed by atoms with E-state index in [4.69, 9.17) is 4.55 Å². The molecule has 0 saturated heterocycles. The van der Waals surface area contributed by atoms with E-state index in [2.05, 4.69) is 10.8 Å². The lowest BCUT2D eigenvalue weighted by Gasteiger charge is -2.01. The van der Waals surface area contributed by atoms with Gasteiger partial charge in [0.1, 0.15) is 5.75 Å². The smallest absolute Gasteiger partial charge is 0.362 e. The molecule has 4 nitrogen and oxygen atoms in total. The fraction of sp³-hybridized carbons (Fsp3) is 0.111. The molecule has 0 heterocycles. The molecule has 0 radical (unpaired) electrons. The van der Waals surface area contributed by atoms with E-state index in [0.29, 0.717) is 6.42 Å². The second kappa shape index (κ2) is 4.26. The average molecular weight is 214 g/mol. The maximum atomic E-state index is 10.3. The van der Waals surface area contributed by atoms with Gasteiger partial charge in [0, 0.05) is 0 Å². The summed E-state index contributed by atoms with van der Waals surface area (Å²) >= 11 is 0. The highest BCUT2D eigenvalue weighted by atomic mass is 32.3. The molecule has 1 N–H and O–H groups in total. The second-order valence-electron chi connectivity index (χ2n) is 2.65. The molecule has 0 unspecified atom stereocenters. The predicted molar refractivity (Wildman–Crippen MR) is 52.5 cm³/mol. The maximum absolute atomic E-state index is 10.3. The summed E-state index contributed by atoms with van der Waals surface area (Å²) in [5.74, 6) is 0.0836. The van der Waals surface area contributed by atoms with Crippen molar-refractivity contribution >= 4 is 10.4 Å². The molecular weight excluding hydrogens is 204 g/mol. The van der Waals surface area contributed by atoms with Crippen LogP contribution in [0.25, 0.3) is 0 Å². The molecule has 0 saturated carbocycles. The van der Waals surface area contributed by atoms with Crippen molar-refractivity contribution in [1.82, 2.24) is 0 Å². The van der Waals surface area contributed by atoms with E-state index >= 15 is 0 Å². The average Bonchev–Trinajstić information content (AvgIpc) is 2.06. The Hall–Kier alpha value is -1.33. The van der Waals surface area contributed by atoms with E-state index in [1.165, 1.54) is 12.1 Å². The van der Waals surface area contributed by atoms with Crippen molar-refractivity contribution in [3.8, 4) is 5.75 Å². The summed E-state index contributed by atoms with van der Waals surface area (Å²) in [5, 5.41) is 0. The molecule has 76 valence electrons. The van der Waals surface area contributed by atoms with Crippen LogP contribution in [0.5, 0.6) is 5.75 Å². The predicted octanol–water partition coefficient (Wildman–Crippen LogP) is 1.60. The number of hydrogen-bond acceptors (Lipinski definition) is 3. The van der Waals surface area contributed by atoms with E-state index in [1.807, 2.05) is 0 Å². The fourth-order valence-electron chi connectivity index (χ4n) is 0.969. The summed E-state index contributed by atoms with van der Waals surface area (Å²) in [6.07, 6.45) is 2.44. The minimum Gasteiger partial charge on any atom is -0.362 e. The van der Waals surface area contributed by atoms with Crippen molar-refractivity contribution in [3.63, 3.8) is 0 Å². The minimum absolute atomic E-state index is 0.0836. The number of allylic oxidation sites excluding steroid dienone is 1. The van der Waals surface area contributed by atoms with Gasteiger partial charge in [-0.3, -0.25) is 4.55 Å². The fourth-order valence-corrected chi connectivity index (χ4v) is 1.32. The van der Waals surface area contributed by atoms with E-state index in [1.54, 1.807) is 18.2 Å². The molecule has 0 aliphatic heterocycles. The van der Waals surface area contributed by atoms with Crippen LogP contribution in [-0.4, -0.2) is 13.0 Å². The molecule has 14 heavy (non-hydrogen) atoms. The third-order valence-electron chi connectivity index (χ3n) is 1.50. The number of hydrogen-bond donors (Lipinski definition) is 1. The molecule has 0 bridgehead atoms. The van der Waals surface area contributed by atoms with E-state index in [0.717, 1.165) is 5.56 Å². The summed E-state index contributed by atoms with van der Waals surface area (Å²) in [6.45, 7) is 3.57. The quantitative estimate of drug-likeness (QED) is 0.610. The van der Waals surface area contributed by atoms with Crippen LogP contribution in [0, 0.1) is 0 Å². The summed E-state index contributed by atoms with van der Waals surface area (Å²) in [7, 11) is -4.42. The van der Waals surface area contributed by atoms with Gasteiger partial charge in [-0.05, 0) is 24.1 Å². The zero-order valence-electron chi connectivity index (χ0n) is 7.38. The molecule has 1 rings (SSSR count). The van der Waals surface area contributed by atoms with Gasteiger partial charge in [0.2, 0.25) is 0 Å². The van der Waals surface area contributed by atoms with Gasteiger partial charge in [0.15, 0.2) is 0 Å². The normalized spacial score (nSPS) is 10.9. The standard InChI is InChI=1S/C9H10O4S/c1-2-3-8-4-6-9(7-5-8)13-14(10,11)12/h2,4-7H,1,3H2,(H,10,11,12). The highest BCUT2D eigenvalue weighted by Crippen LogP contribution is 2.14. The molecular formula is C9H10O4S. The zero-order valence-corrected chi connectivity index (χ0v) is 8.20. The van der Waals surface area contributed by atoms with Crippen LogP contribution in [0.15, 0.2) is 36.9 Å². The molecule has 0 aromatic heterocycles. The van der Waals surface area contributed by atoms with Crippen molar-refractivity contribution in [2.75, 3.05) is 0 Å². The van der Waals surface area contributed by atoms with Crippen LogP contribution >= 0.6 is 0 Å². The van der Waals surface area contributed by atoms with Crippen LogP contribution in [-0.2, 0) is 16.8 Å². The molecule has 0 atom stereocenters. The Morgan fingerprint density at radius 3 is 2.36 bits per heavy atom. The molecule has 5 heteroatoms. The van der Waals surface area contributed by atoms with Crippen LogP contribution < -0.4 is 4.18 Å². The minimum atomic E-state index is -4.42. The lowest BCUT2D eigenvalue weighted by molar-refractivity contribution is 0.387. The van der Waals surface area contributed by atoms with Crippen LogP contribution in [0.1, 0.15) is 5.56 Å². The van der Waals surface area contributed by atoms with E-state index in [9.17, 15) is 8.42 Å². The van der Waals surface area contributed by atoms with E-state index < -0.39 is 10.4 Å². The lowest BCUT2D eigenvalue weighted by atomic mass is 10.1. The van der Waals surface area contributed by atoms with Crippen molar-refractivity contribution in [2.24, 2.45) is 0 Å². The summed E-state index contributed by atoms with van der Waals surface area (Å²) in [5.41, 5.74) is 0.989. The van der Waals surface area contributed by atoms with Gasteiger partial charge >= 0.3 is 10.4 Å². The van der Waals surface area contributed by atoms with Gasteiger partial charge in [0.25, 0.3) is 0 Å². The Kier molecular flexibility index (Phi) is 3.27. The Balaban J connectivity index is 2.78. The molecule has 1 aromatic rings. The molecule has 0 aliphatic rings. The summed E-state index contributed by atoms with van der Waals surface area (Å²) in [4.78, 5) is 0. The van der Waals surface area contributed by atoms with Gasteiger partial charge in [-0.15, -0.1) is 6.58 Å². The number of benzene rings is 1. The lowest BCUT2D eigenvalue weighted by Crippen LogP contribution is -2.06. The number of rotatable bonds is 4. The SMILES string of the molecule is C=CCc1ccc(OS(=O)(=O)O)cc1.